The molecule has 0 saturated carbocycles. The van der Waals surface area contributed by atoms with E-state index in [-0.39, 0.29) is 0 Å². The molecular formula is C10H9NO2. The Morgan fingerprint density at radius 3 is 2.85 bits per heavy atom. The molecule has 0 spiro atoms. The molecule has 13 heavy (non-hydrogen) atoms. The zero-order chi connectivity index (χ0) is 9.68. The van der Waals surface area contributed by atoms with Gasteiger partial charge in [-0.15, -0.1) is 12.3 Å². The molecule has 0 saturated heterocycles. The second kappa shape index (κ2) is 4.17. The number of rotatable bonds is 2. The summed E-state index contributed by atoms with van der Waals surface area (Å²) in [5.74, 6) is 2.89. The molecule has 0 aliphatic carbocycles. The van der Waals surface area contributed by atoms with E-state index in [1.165, 1.54) is 0 Å². The van der Waals surface area contributed by atoms with Crippen LogP contribution in [0.25, 0.3) is 0 Å². The number of para-hydroxylation sites is 1. The third-order valence-corrected chi connectivity index (χ3v) is 1.48. The Morgan fingerprint density at radius 1 is 1.54 bits per heavy atom. The first-order chi connectivity index (χ1) is 6.24. The molecule has 0 atom stereocenters. The predicted molar refractivity (Wildman–Crippen MR) is 49.2 cm³/mol. The van der Waals surface area contributed by atoms with Gasteiger partial charge in [0.15, 0.2) is 0 Å². The van der Waals surface area contributed by atoms with Crippen LogP contribution in [0.15, 0.2) is 24.3 Å². The van der Waals surface area contributed by atoms with Crippen molar-refractivity contribution in [2.45, 2.75) is 6.42 Å². The van der Waals surface area contributed by atoms with Crippen molar-refractivity contribution in [3.8, 4) is 18.1 Å². The Balaban J connectivity index is 2.92. The zero-order valence-electron chi connectivity index (χ0n) is 6.99. The van der Waals surface area contributed by atoms with Crippen LogP contribution in [0.5, 0.6) is 5.75 Å². The molecule has 0 heterocycles. The standard InChI is InChI=1S/C10H9NO2/c1-2-5-8-6-3-4-7-9(8)13-10(11)12/h1,3-4,6-7H,5H2,(H2,11,12). The van der Waals surface area contributed by atoms with Crippen molar-refractivity contribution in [1.82, 2.24) is 0 Å². The van der Waals surface area contributed by atoms with Crippen LogP contribution in [-0.4, -0.2) is 6.09 Å². The average molecular weight is 175 g/mol. The summed E-state index contributed by atoms with van der Waals surface area (Å²) in [6, 6.07) is 7.01. The monoisotopic (exact) mass is 175 g/mol. The Kier molecular flexibility index (Phi) is 2.93. The number of hydrogen-bond donors (Lipinski definition) is 1. The van der Waals surface area contributed by atoms with Crippen LogP contribution >= 0.6 is 0 Å². The van der Waals surface area contributed by atoms with E-state index < -0.39 is 6.09 Å². The number of hydrogen-bond acceptors (Lipinski definition) is 2. The van der Waals surface area contributed by atoms with Gasteiger partial charge in [-0.2, -0.15) is 0 Å². The average Bonchev–Trinajstić information content (AvgIpc) is 2.08. The highest BCUT2D eigenvalue weighted by Gasteiger charge is 2.03. The normalized spacial score (nSPS) is 8.85. The lowest BCUT2D eigenvalue weighted by molar-refractivity contribution is 0.210. The lowest BCUT2D eigenvalue weighted by Gasteiger charge is -2.04. The smallest absolute Gasteiger partial charge is 0.409 e. The van der Waals surface area contributed by atoms with Crippen LogP contribution in [0.4, 0.5) is 4.79 Å². The molecule has 1 amide bonds. The van der Waals surface area contributed by atoms with Crippen molar-refractivity contribution >= 4 is 6.09 Å². The van der Waals surface area contributed by atoms with Gasteiger partial charge in [0.2, 0.25) is 0 Å². The minimum atomic E-state index is -0.829. The molecule has 0 aromatic heterocycles. The van der Waals surface area contributed by atoms with Crippen molar-refractivity contribution in [2.24, 2.45) is 5.73 Å². The number of amides is 1. The third kappa shape index (κ3) is 2.53. The highest BCUT2D eigenvalue weighted by atomic mass is 16.5. The van der Waals surface area contributed by atoms with Gasteiger partial charge in [0.25, 0.3) is 0 Å². The molecule has 0 radical (unpaired) electrons. The maximum Gasteiger partial charge on any atom is 0.409 e. The second-order valence-corrected chi connectivity index (χ2v) is 2.41. The van der Waals surface area contributed by atoms with Gasteiger partial charge in [-0.1, -0.05) is 18.2 Å². The van der Waals surface area contributed by atoms with E-state index in [1.807, 2.05) is 6.07 Å². The quantitative estimate of drug-likeness (QED) is 0.689. The van der Waals surface area contributed by atoms with Crippen molar-refractivity contribution < 1.29 is 9.53 Å². The van der Waals surface area contributed by atoms with Gasteiger partial charge in [-0.25, -0.2) is 4.79 Å². The van der Waals surface area contributed by atoms with Gasteiger partial charge in [0.1, 0.15) is 5.75 Å². The molecular weight excluding hydrogens is 166 g/mol. The Bertz CT molecular complexity index is 352. The molecule has 0 fully saturated rings. The summed E-state index contributed by atoms with van der Waals surface area (Å²) in [7, 11) is 0. The lowest BCUT2D eigenvalue weighted by atomic mass is 10.1. The number of primary amides is 1. The summed E-state index contributed by atoms with van der Waals surface area (Å²) in [6.45, 7) is 0. The zero-order valence-corrected chi connectivity index (χ0v) is 6.99. The van der Waals surface area contributed by atoms with Gasteiger partial charge >= 0.3 is 6.09 Å². The van der Waals surface area contributed by atoms with Gasteiger partial charge in [0, 0.05) is 12.0 Å². The first-order valence-corrected chi connectivity index (χ1v) is 3.72. The van der Waals surface area contributed by atoms with Crippen molar-refractivity contribution in [1.29, 1.82) is 0 Å². The fourth-order valence-corrected chi connectivity index (χ4v) is 0.968. The molecule has 0 aliphatic rings. The maximum atomic E-state index is 10.5. The second-order valence-electron chi connectivity index (χ2n) is 2.41. The lowest BCUT2D eigenvalue weighted by Crippen LogP contribution is -2.17. The van der Waals surface area contributed by atoms with Gasteiger partial charge in [0.05, 0.1) is 0 Å². The molecule has 1 aromatic rings. The predicted octanol–water partition coefficient (Wildman–Crippen LogP) is 1.32. The third-order valence-electron chi connectivity index (χ3n) is 1.48. The fraction of sp³-hybridized carbons (Fsp3) is 0.100. The minimum absolute atomic E-state index is 0.420. The highest BCUT2D eigenvalue weighted by Crippen LogP contribution is 2.17. The van der Waals surface area contributed by atoms with E-state index in [2.05, 4.69) is 5.92 Å². The summed E-state index contributed by atoms with van der Waals surface area (Å²) >= 11 is 0. The maximum absolute atomic E-state index is 10.5. The van der Waals surface area contributed by atoms with Crippen LogP contribution in [0.1, 0.15) is 5.56 Å². The van der Waals surface area contributed by atoms with Crippen LogP contribution in [0, 0.1) is 12.3 Å². The molecule has 1 aromatic carbocycles. The van der Waals surface area contributed by atoms with Crippen LogP contribution in [-0.2, 0) is 6.42 Å². The minimum Gasteiger partial charge on any atom is -0.410 e. The molecule has 2 N–H and O–H groups in total. The number of nitrogens with two attached hydrogens (primary N) is 1. The van der Waals surface area contributed by atoms with Gasteiger partial charge in [-0.3, -0.25) is 0 Å². The Hall–Kier alpha value is -1.95. The molecule has 0 unspecified atom stereocenters. The highest BCUT2D eigenvalue weighted by molar-refractivity contribution is 5.68. The summed E-state index contributed by atoms with van der Waals surface area (Å²) < 4.78 is 4.74. The Morgan fingerprint density at radius 2 is 2.23 bits per heavy atom. The topological polar surface area (TPSA) is 52.3 Å². The summed E-state index contributed by atoms with van der Waals surface area (Å²) in [5.41, 5.74) is 5.66. The fourth-order valence-electron chi connectivity index (χ4n) is 0.968. The summed E-state index contributed by atoms with van der Waals surface area (Å²) in [5, 5.41) is 0. The molecule has 3 heteroatoms. The van der Waals surface area contributed by atoms with E-state index >= 15 is 0 Å². The summed E-state index contributed by atoms with van der Waals surface area (Å²) in [4.78, 5) is 10.5. The number of benzene rings is 1. The molecule has 0 bridgehead atoms. The number of ether oxygens (including phenoxy) is 1. The number of terminal acetylenes is 1. The first-order valence-electron chi connectivity index (χ1n) is 3.72. The van der Waals surface area contributed by atoms with E-state index in [4.69, 9.17) is 16.9 Å². The molecule has 1 rings (SSSR count). The summed E-state index contributed by atoms with van der Waals surface area (Å²) in [6.07, 6.45) is 4.73. The number of carbonyl (C=O) groups is 1. The van der Waals surface area contributed by atoms with Gasteiger partial charge in [-0.05, 0) is 6.07 Å². The van der Waals surface area contributed by atoms with E-state index in [9.17, 15) is 4.79 Å². The van der Waals surface area contributed by atoms with E-state index in [0.29, 0.717) is 12.2 Å². The first kappa shape index (κ1) is 9.14. The molecule has 3 nitrogen and oxygen atoms in total. The van der Waals surface area contributed by atoms with E-state index in [0.717, 1.165) is 5.56 Å². The molecule has 66 valence electrons. The SMILES string of the molecule is C#CCc1ccccc1OC(N)=O. The Labute approximate surface area is 76.5 Å². The van der Waals surface area contributed by atoms with Crippen LogP contribution in [0.2, 0.25) is 0 Å². The number of carbonyl (C=O) groups excluding carboxylic acids is 1. The van der Waals surface area contributed by atoms with Crippen molar-refractivity contribution in [3.05, 3.63) is 29.8 Å². The van der Waals surface area contributed by atoms with Gasteiger partial charge < -0.3 is 10.5 Å². The van der Waals surface area contributed by atoms with Crippen molar-refractivity contribution in [2.75, 3.05) is 0 Å². The van der Waals surface area contributed by atoms with Crippen LogP contribution in [0.3, 0.4) is 0 Å². The van der Waals surface area contributed by atoms with Crippen molar-refractivity contribution in [3.63, 3.8) is 0 Å². The van der Waals surface area contributed by atoms with E-state index in [1.54, 1.807) is 18.2 Å². The largest absolute Gasteiger partial charge is 0.410 e. The van der Waals surface area contributed by atoms with Crippen LogP contribution < -0.4 is 10.5 Å². The molecule has 0 aliphatic heterocycles.